The van der Waals surface area contributed by atoms with Gasteiger partial charge in [0, 0.05) is 18.3 Å². The van der Waals surface area contributed by atoms with E-state index in [9.17, 15) is 4.79 Å². The quantitative estimate of drug-likeness (QED) is 0.886. The number of benzene rings is 1. The number of carbonyl (C=O) groups excluding carboxylic acids is 1. The fourth-order valence-corrected chi connectivity index (χ4v) is 1.94. The van der Waals surface area contributed by atoms with Gasteiger partial charge < -0.3 is 14.8 Å². The molecule has 0 bridgehead atoms. The van der Waals surface area contributed by atoms with Crippen LogP contribution in [0.4, 0.5) is 0 Å². The lowest BCUT2D eigenvalue weighted by Gasteiger charge is -2.11. The molecule has 0 saturated heterocycles. The van der Waals surface area contributed by atoms with Gasteiger partial charge in [-0.05, 0) is 25.1 Å². The molecule has 2 aromatic rings. The van der Waals surface area contributed by atoms with Crippen LogP contribution in [-0.2, 0) is 6.54 Å². The number of hydrogen-bond acceptors (Lipinski definition) is 4. The zero-order valence-electron chi connectivity index (χ0n) is 12.1. The van der Waals surface area contributed by atoms with Crippen LogP contribution in [0, 0.1) is 0 Å². The zero-order chi connectivity index (χ0) is 15.1. The molecule has 2 rings (SSSR count). The van der Waals surface area contributed by atoms with Crippen molar-refractivity contribution >= 4 is 5.91 Å². The van der Waals surface area contributed by atoms with Crippen molar-refractivity contribution in [1.82, 2.24) is 10.3 Å². The molecule has 1 aromatic heterocycles. The molecule has 0 fully saturated rings. The van der Waals surface area contributed by atoms with Gasteiger partial charge in [0.05, 0.1) is 13.7 Å². The first-order valence-electron chi connectivity index (χ1n) is 6.74. The number of ether oxygens (including phenoxy) is 2. The van der Waals surface area contributed by atoms with Gasteiger partial charge in [0.2, 0.25) is 5.88 Å². The third-order valence-electron chi connectivity index (χ3n) is 2.93. The summed E-state index contributed by atoms with van der Waals surface area (Å²) < 4.78 is 10.6. The standard InChI is InChI=1S/C16H18N2O3/c1-3-21-16-13(8-6-10-17-16)15(19)18-11-12-7-4-5-9-14(12)20-2/h4-10H,3,11H2,1-2H3,(H,18,19). The van der Waals surface area contributed by atoms with Crippen LogP contribution < -0.4 is 14.8 Å². The van der Waals surface area contributed by atoms with Gasteiger partial charge in [0.25, 0.3) is 5.91 Å². The predicted molar refractivity (Wildman–Crippen MR) is 79.6 cm³/mol. The summed E-state index contributed by atoms with van der Waals surface area (Å²) in [6, 6.07) is 11.0. The molecular weight excluding hydrogens is 268 g/mol. The molecule has 0 unspecified atom stereocenters. The topological polar surface area (TPSA) is 60.5 Å². The van der Waals surface area contributed by atoms with Crippen molar-refractivity contribution in [2.75, 3.05) is 13.7 Å². The number of carbonyl (C=O) groups is 1. The van der Waals surface area contributed by atoms with E-state index in [1.54, 1.807) is 25.4 Å². The highest BCUT2D eigenvalue weighted by atomic mass is 16.5. The van der Waals surface area contributed by atoms with E-state index in [2.05, 4.69) is 10.3 Å². The van der Waals surface area contributed by atoms with E-state index in [4.69, 9.17) is 9.47 Å². The summed E-state index contributed by atoms with van der Waals surface area (Å²) in [6.45, 7) is 2.69. The summed E-state index contributed by atoms with van der Waals surface area (Å²) >= 11 is 0. The maximum Gasteiger partial charge on any atom is 0.257 e. The van der Waals surface area contributed by atoms with E-state index in [1.165, 1.54) is 0 Å². The van der Waals surface area contributed by atoms with Crippen LogP contribution in [0.5, 0.6) is 11.6 Å². The van der Waals surface area contributed by atoms with Gasteiger partial charge in [-0.1, -0.05) is 18.2 Å². The summed E-state index contributed by atoms with van der Waals surface area (Å²) in [5.74, 6) is 0.865. The Morgan fingerprint density at radius 1 is 1.24 bits per heavy atom. The number of nitrogens with zero attached hydrogens (tertiary/aromatic N) is 1. The minimum absolute atomic E-state index is 0.225. The van der Waals surface area contributed by atoms with E-state index in [0.717, 1.165) is 11.3 Å². The van der Waals surface area contributed by atoms with Crippen LogP contribution in [-0.4, -0.2) is 24.6 Å². The second kappa shape index (κ2) is 7.28. The average molecular weight is 286 g/mol. The number of nitrogens with one attached hydrogen (secondary N) is 1. The molecule has 1 amide bonds. The number of methoxy groups -OCH3 is 1. The molecule has 5 nitrogen and oxygen atoms in total. The van der Waals surface area contributed by atoms with Gasteiger partial charge in [-0.3, -0.25) is 4.79 Å². The van der Waals surface area contributed by atoms with E-state index in [-0.39, 0.29) is 5.91 Å². The highest BCUT2D eigenvalue weighted by Crippen LogP contribution is 2.18. The lowest BCUT2D eigenvalue weighted by Crippen LogP contribution is -2.24. The second-order valence-corrected chi connectivity index (χ2v) is 4.28. The Hall–Kier alpha value is -2.56. The van der Waals surface area contributed by atoms with Crippen LogP contribution >= 0.6 is 0 Å². The lowest BCUT2D eigenvalue weighted by molar-refractivity contribution is 0.0946. The molecule has 0 aliphatic rings. The number of hydrogen-bond donors (Lipinski definition) is 1. The first-order chi connectivity index (χ1) is 10.3. The molecule has 1 heterocycles. The van der Waals surface area contributed by atoms with Crippen LogP contribution in [0.1, 0.15) is 22.8 Å². The Balaban J connectivity index is 2.08. The van der Waals surface area contributed by atoms with Gasteiger partial charge in [-0.25, -0.2) is 4.98 Å². The van der Waals surface area contributed by atoms with Crippen LogP contribution in [0.3, 0.4) is 0 Å². The SMILES string of the molecule is CCOc1ncccc1C(=O)NCc1ccccc1OC. The fraction of sp³-hybridized carbons (Fsp3) is 0.250. The minimum atomic E-state index is -0.225. The molecule has 0 saturated carbocycles. The van der Waals surface area contributed by atoms with E-state index >= 15 is 0 Å². The Labute approximate surface area is 123 Å². The maximum atomic E-state index is 12.2. The van der Waals surface area contributed by atoms with E-state index in [1.807, 2.05) is 31.2 Å². The lowest BCUT2D eigenvalue weighted by atomic mass is 10.2. The number of para-hydroxylation sites is 1. The Kier molecular flexibility index (Phi) is 5.15. The molecular formula is C16H18N2O3. The number of pyridine rings is 1. The van der Waals surface area contributed by atoms with Gasteiger partial charge in [0.1, 0.15) is 11.3 Å². The van der Waals surface area contributed by atoms with Crippen LogP contribution in [0.25, 0.3) is 0 Å². The average Bonchev–Trinajstić information content (AvgIpc) is 2.53. The van der Waals surface area contributed by atoms with E-state index < -0.39 is 0 Å². The first-order valence-corrected chi connectivity index (χ1v) is 6.74. The number of amides is 1. The van der Waals surface area contributed by atoms with Crippen molar-refractivity contribution in [2.24, 2.45) is 0 Å². The summed E-state index contributed by atoms with van der Waals surface area (Å²) in [6.07, 6.45) is 1.60. The first kappa shape index (κ1) is 14.8. The van der Waals surface area contributed by atoms with Gasteiger partial charge in [-0.15, -0.1) is 0 Å². The highest BCUT2D eigenvalue weighted by molar-refractivity contribution is 5.96. The van der Waals surface area contributed by atoms with Gasteiger partial charge in [-0.2, -0.15) is 0 Å². The summed E-state index contributed by atoms with van der Waals surface area (Å²) in [7, 11) is 1.61. The Bertz CT molecular complexity index is 614. The maximum absolute atomic E-state index is 12.2. The molecule has 5 heteroatoms. The largest absolute Gasteiger partial charge is 0.496 e. The Morgan fingerprint density at radius 3 is 2.81 bits per heavy atom. The Morgan fingerprint density at radius 2 is 2.05 bits per heavy atom. The molecule has 0 radical (unpaired) electrons. The molecule has 0 atom stereocenters. The number of aromatic nitrogens is 1. The summed E-state index contributed by atoms with van der Waals surface area (Å²) in [4.78, 5) is 16.3. The van der Waals surface area contributed by atoms with E-state index in [0.29, 0.717) is 24.6 Å². The fourth-order valence-electron chi connectivity index (χ4n) is 1.94. The molecule has 110 valence electrons. The van der Waals surface area contributed by atoms with Crippen molar-refractivity contribution in [3.8, 4) is 11.6 Å². The molecule has 0 aliphatic carbocycles. The summed E-state index contributed by atoms with van der Waals surface area (Å²) in [5, 5.41) is 2.85. The second-order valence-electron chi connectivity index (χ2n) is 4.28. The third kappa shape index (κ3) is 3.72. The molecule has 0 aliphatic heterocycles. The van der Waals surface area contributed by atoms with Gasteiger partial charge >= 0.3 is 0 Å². The molecule has 0 spiro atoms. The third-order valence-corrected chi connectivity index (χ3v) is 2.93. The van der Waals surface area contributed by atoms with Crippen molar-refractivity contribution in [2.45, 2.75) is 13.5 Å². The number of rotatable bonds is 6. The predicted octanol–water partition coefficient (Wildman–Crippen LogP) is 2.42. The smallest absolute Gasteiger partial charge is 0.257 e. The minimum Gasteiger partial charge on any atom is -0.496 e. The van der Waals surface area contributed by atoms with Crippen LogP contribution in [0.15, 0.2) is 42.6 Å². The highest BCUT2D eigenvalue weighted by Gasteiger charge is 2.13. The molecule has 1 N–H and O–H groups in total. The monoisotopic (exact) mass is 286 g/mol. The summed E-state index contributed by atoms with van der Waals surface area (Å²) in [5.41, 5.74) is 1.34. The van der Waals surface area contributed by atoms with Crippen molar-refractivity contribution < 1.29 is 14.3 Å². The van der Waals surface area contributed by atoms with Crippen molar-refractivity contribution in [1.29, 1.82) is 0 Å². The molecule has 1 aromatic carbocycles. The zero-order valence-corrected chi connectivity index (χ0v) is 12.1. The van der Waals surface area contributed by atoms with Crippen molar-refractivity contribution in [3.63, 3.8) is 0 Å². The van der Waals surface area contributed by atoms with Crippen LogP contribution in [0.2, 0.25) is 0 Å². The van der Waals surface area contributed by atoms with Gasteiger partial charge in [0.15, 0.2) is 0 Å². The normalized spacial score (nSPS) is 10.0. The molecule has 21 heavy (non-hydrogen) atoms. The van der Waals surface area contributed by atoms with Crippen molar-refractivity contribution in [3.05, 3.63) is 53.7 Å².